The van der Waals surface area contributed by atoms with Crippen molar-refractivity contribution in [2.45, 2.75) is 30.9 Å². The predicted molar refractivity (Wildman–Crippen MR) is 63.7 cm³/mol. The first-order valence-corrected chi connectivity index (χ1v) is 5.74. The summed E-state index contributed by atoms with van der Waals surface area (Å²) in [4.78, 5) is 12.0. The maximum absolute atomic E-state index is 12.0. The zero-order valence-corrected chi connectivity index (χ0v) is 9.85. The predicted octanol–water partition coefficient (Wildman–Crippen LogP) is 0.963. The zero-order chi connectivity index (χ0) is 12.5. The van der Waals surface area contributed by atoms with E-state index < -0.39 is 11.6 Å². The van der Waals surface area contributed by atoms with Gasteiger partial charge in [-0.15, -0.1) is 0 Å². The number of Topliss-reactive ketones (excluding diaryl/α,β-unsaturated/α-hetero) is 1. The van der Waals surface area contributed by atoms with Crippen LogP contribution in [0, 0.1) is 0 Å². The Labute approximate surface area is 100 Å². The maximum Gasteiger partial charge on any atom is 0.185 e. The SMILES string of the molecule is COc1ccc([C@]2(N)CCC[C@@H](O)C2=O)cc1. The molecule has 4 heteroatoms. The summed E-state index contributed by atoms with van der Waals surface area (Å²) in [6, 6.07) is 7.12. The van der Waals surface area contributed by atoms with Crippen LogP contribution in [0.5, 0.6) is 5.75 Å². The van der Waals surface area contributed by atoms with Crippen LogP contribution < -0.4 is 10.5 Å². The molecule has 0 amide bonds. The number of nitrogens with two attached hydrogens (primary N) is 1. The highest BCUT2D eigenvalue weighted by molar-refractivity contribution is 5.93. The molecule has 0 bridgehead atoms. The third kappa shape index (κ3) is 2.06. The minimum atomic E-state index is -1.05. The van der Waals surface area contributed by atoms with Crippen LogP contribution in [0.4, 0.5) is 0 Å². The van der Waals surface area contributed by atoms with E-state index in [0.717, 1.165) is 17.7 Å². The summed E-state index contributed by atoms with van der Waals surface area (Å²) in [5.74, 6) is 0.440. The van der Waals surface area contributed by atoms with Crippen LogP contribution in [-0.2, 0) is 10.3 Å². The van der Waals surface area contributed by atoms with Crippen LogP contribution in [-0.4, -0.2) is 24.1 Å². The van der Waals surface area contributed by atoms with Crippen molar-refractivity contribution in [3.63, 3.8) is 0 Å². The third-order valence-corrected chi connectivity index (χ3v) is 3.40. The highest BCUT2D eigenvalue weighted by Gasteiger charge is 2.42. The van der Waals surface area contributed by atoms with Crippen LogP contribution in [0.3, 0.4) is 0 Å². The minimum absolute atomic E-state index is 0.283. The zero-order valence-electron chi connectivity index (χ0n) is 9.85. The standard InChI is InChI=1S/C13H17NO3/c1-17-10-6-4-9(5-7-10)13(14)8-2-3-11(15)12(13)16/h4-7,11,15H,2-3,8,14H2,1H3/t11-,13-/m1/s1. The first kappa shape index (κ1) is 12.1. The molecule has 0 aromatic heterocycles. The van der Waals surface area contributed by atoms with Crippen molar-refractivity contribution in [3.05, 3.63) is 29.8 Å². The number of benzene rings is 1. The van der Waals surface area contributed by atoms with Gasteiger partial charge in [0.25, 0.3) is 0 Å². The Balaban J connectivity index is 2.32. The Morgan fingerprint density at radius 3 is 2.65 bits per heavy atom. The van der Waals surface area contributed by atoms with Gasteiger partial charge in [0.2, 0.25) is 0 Å². The van der Waals surface area contributed by atoms with E-state index >= 15 is 0 Å². The van der Waals surface area contributed by atoms with Crippen LogP contribution in [0.2, 0.25) is 0 Å². The number of hydrogen-bond acceptors (Lipinski definition) is 4. The number of rotatable bonds is 2. The second-order valence-electron chi connectivity index (χ2n) is 4.47. The lowest BCUT2D eigenvalue weighted by atomic mass is 9.75. The summed E-state index contributed by atoms with van der Waals surface area (Å²) in [5.41, 5.74) is 5.84. The number of aliphatic hydroxyl groups excluding tert-OH is 1. The molecule has 17 heavy (non-hydrogen) atoms. The van der Waals surface area contributed by atoms with E-state index in [4.69, 9.17) is 10.5 Å². The van der Waals surface area contributed by atoms with Crippen molar-refractivity contribution < 1.29 is 14.6 Å². The quantitative estimate of drug-likeness (QED) is 0.801. The Hall–Kier alpha value is -1.39. The van der Waals surface area contributed by atoms with E-state index in [0.29, 0.717) is 12.8 Å². The molecular formula is C13H17NO3. The molecule has 4 nitrogen and oxygen atoms in total. The van der Waals surface area contributed by atoms with Crippen molar-refractivity contribution in [1.29, 1.82) is 0 Å². The third-order valence-electron chi connectivity index (χ3n) is 3.40. The normalized spacial score (nSPS) is 29.1. The van der Waals surface area contributed by atoms with Crippen molar-refractivity contribution in [2.75, 3.05) is 7.11 Å². The largest absolute Gasteiger partial charge is 0.497 e. The lowest BCUT2D eigenvalue weighted by Crippen LogP contribution is -2.52. The highest BCUT2D eigenvalue weighted by atomic mass is 16.5. The van der Waals surface area contributed by atoms with Gasteiger partial charge in [0.15, 0.2) is 5.78 Å². The second-order valence-corrected chi connectivity index (χ2v) is 4.47. The number of hydrogen-bond donors (Lipinski definition) is 2. The first-order chi connectivity index (χ1) is 8.08. The molecule has 2 atom stereocenters. The lowest BCUT2D eigenvalue weighted by molar-refractivity contribution is -0.136. The lowest BCUT2D eigenvalue weighted by Gasteiger charge is -2.34. The Morgan fingerprint density at radius 1 is 1.41 bits per heavy atom. The Kier molecular flexibility index (Phi) is 3.17. The average molecular weight is 235 g/mol. The fraction of sp³-hybridized carbons (Fsp3) is 0.462. The van der Waals surface area contributed by atoms with Gasteiger partial charge in [-0.1, -0.05) is 12.1 Å². The highest BCUT2D eigenvalue weighted by Crippen LogP contribution is 2.33. The van der Waals surface area contributed by atoms with E-state index in [9.17, 15) is 9.90 Å². The summed E-state index contributed by atoms with van der Waals surface area (Å²) >= 11 is 0. The number of methoxy groups -OCH3 is 1. The molecule has 1 aromatic rings. The van der Waals surface area contributed by atoms with E-state index in [1.807, 2.05) is 0 Å². The van der Waals surface area contributed by atoms with E-state index in [-0.39, 0.29) is 5.78 Å². The van der Waals surface area contributed by atoms with Crippen LogP contribution in [0.1, 0.15) is 24.8 Å². The van der Waals surface area contributed by atoms with Gasteiger partial charge in [0.1, 0.15) is 17.4 Å². The first-order valence-electron chi connectivity index (χ1n) is 5.74. The number of ketones is 1. The Bertz CT molecular complexity index is 415. The molecule has 0 spiro atoms. The molecule has 1 aliphatic carbocycles. The minimum Gasteiger partial charge on any atom is -0.497 e. The molecule has 0 unspecified atom stereocenters. The molecule has 0 saturated heterocycles. The molecule has 92 valence electrons. The smallest absolute Gasteiger partial charge is 0.185 e. The van der Waals surface area contributed by atoms with E-state index in [1.54, 1.807) is 31.4 Å². The van der Waals surface area contributed by atoms with Crippen molar-refractivity contribution >= 4 is 5.78 Å². The number of carbonyl (C=O) groups is 1. The molecule has 0 aliphatic heterocycles. The van der Waals surface area contributed by atoms with Gasteiger partial charge in [-0.3, -0.25) is 4.79 Å². The molecule has 1 saturated carbocycles. The molecule has 0 heterocycles. The summed E-state index contributed by atoms with van der Waals surface area (Å²) in [5, 5.41) is 9.62. The fourth-order valence-electron chi connectivity index (χ4n) is 2.30. The second kappa shape index (κ2) is 4.47. The average Bonchev–Trinajstić information content (AvgIpc) is 2.36. The van der Waals surface area contributed by atoms with Gasteiger partial charge in [-0.05, 0) is 37.0 Å². The number of carbonyl (C=O) groups excluding carboxylic acids is 1. The van der Waals surface area contributed by atoms with E-state index in [1.165, 1.54) is 0 Å². The number of ether oxygens (including phenoxy) is 1. The van der Waals surface area contributed by atoms with Gasteiger partial charge < -0.3 is 15.6 Å². The van der Waals surface area contributed by atoms with Crippen LogP contribution in [0.25, 0.3) is 0 Å². The van der Waals surface area contributed by atoms with Crippen molar-refractivity contribution in [2.24, 2.45) is 5.73 Å². The summed E-state index contributed by atoms with van der Waals surface area (Å²) in [7, 11) is 1.59. The van der Waals surface area contributed by atoms with E-state index in [2.05, 4.69) is 0 Å². The van der Waals surface area contributed by atoms with Crippen LogP contribution >= 0.6 is 0 Å². The van der Waals surface area contributed by atoms with Gasteiger partial charge in [-0.25, -0.2) is 0 Å². The summed E-state index contributed by atoms with van der Waals surface area (Å²) in [6.07, 6.45) is 0.911. The van der Waals surface area contributed by atoms with Crippen molar-refractivity contribution in [3.8, 4) is 5.75 Å². The summed E-state index contributed by atoms with van der Waals surface area (Å²) in [6.45, 7) is 0. The molecule has 3 N–H and O–H groups in total. The van der Waals surface area contributed by atoms with Crippen LogP contribution in [0.15, 0.2) is 24.3 Å². The molecule has 1 aliphatic rings. The molecule has 2 rings (SSSR count). The molecular weight excluding hydrogens is 218 g/mol. The topological polar surface area (TPSA) is 72.6 Å². The van der Waals surface area contributed by atoms with Crippen molar-refractivity contribution in [1.82, 2.24) is 0 Å². The van der Waals surface area contributed by atoms with Gasteiger partial charge in [0, 0.05) is 0 Å². The molecule has 0 radical (unpaired) electrons. The maximum atomic E-state index is 12.0. The molecule has 1 fully saturated rings. The molecule has 1 aromatic carbocycles. The van der Waals surface area contributed by atoms with Gasteiger partial charge >= 0.3 is 0 Å². The fourth-order valence-corrected chi connectivity index (χ4v) is 2.30. The Morgan fingerprint density at radius 2 is 2.06 bits per heavy atom. The summed E-state index contributed by atoms with van der Waals surface area (Å²) < 4.78 is 5.06. The number of aliphatic hydroxyl groups is 1. The monoisotopic (exact) mass is 235 g/mol. The van der Waals surface area contributed by atoms with Gasteiger partial charge in [-0.2, -0.15) is 0 Å². The van der Waals surface area contributed by atoms with Gasteiger partial charge in [0.05, 0.1) is 7.11 Å².